The molecule has 2 unspecified atom stereocenters. The molecule has 0 amide bonds. The molecule has 2 atom stereocenters. The topological polar surface area (TPSA) is 0 Å². The monoisotopic (exact) mass is 246 g/mol. The number of fused-ring (bicyclic) bond motifs is 1. The Morgan fingerprint density at radius 2 is 1.94 bits per heavy atom. The van der Waals surface area contributed by atoms with Gasteiger partial charge in [0.2, 0.25) is 0 Å². The van der Waals surface area contributed by atoms with Crippen molar-refractivity contribution in [2.24, 2.45) is 11.8 Å². The third-order valence-corrected chi connectivity index (χ3v) is 4.81. The average Bonchev–Trinajstić information content (AvgIpc) is 2.74. The fourth-order valence-electron chi connectivity index (χ4n) is 3.70. The summed E-state index contributed by atoms with van der Waals surface area (Å²) in [6.45, 7) is 2.32. The molecule has 1 saturated carbocycles. The first-order chi connectivity index (χ1) is 8.92. The van der Waals surface area contributed by atoms with Crippen molar-refractivity contribution in [3.05, 3.63) is 23.8 Å². The highest BCUT2D eigenvalue weighted by Crippen LogP contribution is 2.42. The predicted octanol–water partition coefficient (Wildman–Crippen LogP) is 6.04. The summed E-state index contributed by atoms with van der Waals surface area (Å²) < 4.78 is 0. The van der Waals surface area contributed by atoms with Gasteiger partial charge in [0.25, 0.3) is 0 Å². The molecule has 0 radical (unpaired) electrons. The Morgan fingerprint density at radius 3 is 2.83 bits per heavy atom. The molecule has 0 aliphatic heterocycles. The summed E-state index contributed by atoms with van der Waals surface area (Å²) in [6.07, 6.45) is 22.9. The van der Waals surface area contributed by atoms with Crippen LogP contribution in [-0.2, 0) is 0 Å². The van der Waals surface area contributed by atoms with Crippen molar-refractivity contribution in [1.82, 2.24) is 0 Å². The Balaban J connectivity index is 2.00. The molecule has 0 saturated heterocycles. The maximum atomic E-state index is 2.49. The predicted molar refractivity (Wildman–Crippen MR) is 80.7 cm³/mol. The Kier molecular flexibility index (Phi) is 6.04. The smallest absolute Gasteiger partial charge is 0.0197 e. The average molecular weight is 246 g/mol. The molecule has 0 aromatic heterocycles. The van der Waals surface area contributed by atoms with Crippen LogP contribution in [0.3, 0.4) is 0 Å². The minimum atomic E-state index is 0.917. The lowest BCUT2D eigenvalue weighted by Gasteiger charge is -2.16. The van der Waals surface area contributed by atoms with Crippen LogP contribution in [0.25, 0.3) is 0 Å². The Bertz CT molecular complexity index is 276. The number of rotatable bonds is 3. The summed E-state index contributed by atoms with van der Waals surface area (Å²) in [7, 11) is 0. The van der Waals surface area contributed by atoms with Gasteiger partial charge in [-0.1, -0.05) is 62.8 Å². The highest BCUT2D eigenvalue weighted by atomic mass is 14.3. The van der Waals surface area contributed by atoms with Crippen LogP contribution in [0.5, 0.6) is 0 Å². The van der Waals surface area contributed by atoms with Gasteiger partial charge >= 0.3 is 0 Å². The molecule has 102 valence electrons. The minimum absolute atomic E-state index is 0.917. The molecule has 0 heteroatoms. The van der Waals surface area contributed by atoms with Crippen LogP contribution in [0.15, 0.2) is 23.8 Å². The molecule has 0 bridgehead atoms. The molecule has 2 aliphatic carbocycles. The largest absolute Gasteiger partial charge is 0.0845 e. The van der Waals surface area contributed by atoms with Gasteiger partial charge in [-0.05, 0) is 50.4 Å². The van der Waals surface area contributed by atoms with E-state index in [4.69, 9.17) is 0 Å². The lowest BCUT2D eigenvalue weighted by Crippen LogP contribution is -2.03. The van der Waals surface area contributed by atoms with Crippen molar-refractivity contribution in [2.75, 3.05) is 0 Å². The highest BCUT2D eigenvalue weighted by molar-refractivity contribution is 5.21. The van der Waals surface area contributed by atoms with Crippen molar-refractivity contribution in [2.45, 2.75) is 77.6 Å². The van der Waals surface area contributed by atoms with Crippen molar-refractivity contribution in [1.29, 1.82) is 0 Å². The molecular weight excluding hydrogens is 216 g/mol. The van der Waals surface area contributed by atoms with Crippen LogP contribution in [0.2, 0.25) is 0 Å². The zero-order chi connectivity index (χ0) is 12.6. The third kappa shape index (κ3) is 4.00. The van der Waals surface area contributed by atoms with Gasteiger partial charge in [0.05, 0.1) is 0 Å². The molecule has 18 heavy (non-hydrogen) atoms. The first kappa shape index (κ1) is 13.9. The standard InChI is InChI=1S/C18H30/c1-2-3-11-16-14-15-17-12-9-7-5-4-6-8-10-13-18(16)17/h8,10,13,16-17H,2-7,9,11-12,14-15H2,1H3/b10-8+,18-13-. The minimum Gasteiger partial charge on any atom is -0.0845 e. The molecule has 0 aromatic carbocycles. The van der Waals surface area contributed by atoms with Gasteiger partial charge in [-0.15, -0.1) is 0 Å². The Hall–Kier alpha value is -0.520. The lowest BCUT2D eigenvalue weighted by atomic mass is 9.89. The van der Waals surface area contributed by atoms with Crippen molar-refractivity contribution < 1.29 is 0 Å². The first-order valence-electron chi connectivity index (χ1n) is 8.28. The summed E-state index contributed by atoms with van der Waals surface area (Å²) >= 11 is 0. The molecule has 0 spiro atoms. The van der Waals surface area contributed by atoms with E-state index in [1.165, 1.54) is 70.6 Å². The molecule has 0 aromatic rings. The Labute approximate surface area is 114 Å². The van der Waals surface area contributed by atoms with Crippen LogP contribution in [-0.4, -0.2) is 0 Å². The fourth-order valence-corrected chi connectivity index (χ4v) is 3.70. The van der Waals surface area contributed by atoms with E-state index in [1.807, 2.05) is 5.57 Å². The molecule has 2 rings (SSSR count). The highest BCUT2D eigenvalue weighted by Gasteiger charge is 2.28. The van der Waals surface area contributed by atoms with Gasteiger partial charge in [0, 0.05) is 0 Å². The maximum Gasteiger partial charge on any atom is -0.0197 e. The van der Waals surface area contributed by atoms with Crippen LogP contribution in [0.4, 0.5) is 0 Å². The van der Waals surface area contributed by atoms with Gasteiger partial charge in [-0.2, -0.15) is 0 Å². The van der Waals surface area contributed by atoms with E-state index in [9.17, 15) is 0 Å². The van der Waals surface area contributed by atoms with Gasteiger partial charge in [0.15, 0.2) is 0 Å². The summed E-state index contributed by atoms with van der Waals surface area (Å²) in [5, 5.41) is 0. The lowest BCUT2D eigenvalue weighted by molar-refractivity contribution is 0.515. The van der Waals surface area contributed by atoms with Gasteiger partial charge in [-0.3, -0.25) is 0 Å². The maximum absolute atomic E-state index is 2.49. The summed E-state index contributed by atoms with van der Waals surface area (Å²) in [6, 6.07) is 0. The number of hydrogen-bond donors (Lipinski definition) is 0. The van der Waals surface area contributed by atoms with Crippen molar-refractivity contribution in [3.63, 3.8) is 0 Å². The third-order valence-electron chi connectivity index (χ3n) is 4.81. The second kappa shape index (κ2) is 7.81. The molecule has 1 fully saturated rings. The molecule has 2 aliphatic rings. The van der Waals surface area contributed by atoms with E-state index in [2.05, 4.69) is 25.2 Å². The quantitative estimate of drug-likeness (QED) is 0.569. The second-order valence-corrected chi connectivity index (χ2v) is 6.20. The normalized spacial score (nSPS) is 34.2. The zero-order valence-corrected chi connectivity index (χ0v) is 12.2. The summed E-state index contributed by atoms with van der Waals surface area (Å²) in [4.78, 5) is 0. The zero-order valence-electron chi connectivity index (χ0n) is 12.2. The van der Waals surface area contributed by atoms with E-state index in [0.717, 1.165) is 11.8 Å². The van der Waals surface area contributed by atoms with Crippen molar-refractivity contribution in [3.8, 4) is 0 Å². The molecule has 0 heterocycles. The van der Waals surface area contributed by atoms with E-state index < -0.39 is 0 Å². The van der Waals surface area contributed by atoms with Gasteiger partial charge in [0.1, 0.15) is 0 Å². The van der Waals surface area contributed by atoms with Gasteiger partial charge < -0.3 is 0 Å². The van der Waals surface area contributed by atoms with E-state index in [0.29, 0.717) is 0 Å². The molecule has 0 nitrogen and oxygen atoms in total. The number of unbranched alkanes of at least 4 members (excludes halogenated alkanes) is 1. The van der Waals surface area contributed by atoms with Crippen LogP contribution in [0, 0.1) is 11.8 Å². The second-order valence-electron chi connectivity index (χ2n) is 6.20. The van der Waals surface area contributed by atoms with Crippen LogP contribution in [0.1, 0.15) is 77.6 Å². The van der Waals surface area contributed by atoms with E-state index >= 15 is 0 Å². The molecular formula is C18H30. The van der Waals surface area contributed by atoms with Crippen molar-refractivity contribution >= 4 is 0 Å². The number of hydrogen-bond acceptors (Lipinski definition) is 0. The van der Waals surface area contributed by atoms with E-state index in [1.54, 1.807) is 0 Å². The van der Waals surface area contributed by atoms with Gasteiger partial charge in [-0.25, -0.2) is 0 Å². The first-order valence-corrected chi connectivity index (χ1v) is 8.28. The van der Waals surface area contributed by atoms with Crippen LogP contribution < -0.4 is 0 Å². The summed E-state index contributed by atoms with van der Waals surface area (Å²) in [5.41, 5.74) is 1.81. The SMILES string of the molecule is CCCCC1CCC2CCCCCC/C=C/C=C/12. The molecule has 0 N–H and O–H groups in total. The summed E-state index contributed by atoms with van der Waals surface area (Å²) in [5.74, 6) is 1.84. The van der Waals surface area contributed by atoms with Crippen LogP contribution >= 0.6 is 0 Å². The van der Waals surface area contributed by atoms with E-state index in [-0.39, 0.29) is 0 Å². The fraction of sp³-hybridized carbons (Fsp3) is 0.778. The number of allylic oxidation sites excluding steroid dienone is 4. The Morgan fingerprint density at radius 1 is 1.06 bits per heavy atom.